The van der Waals surface area contributed by atoms with E-state index in [1.807, 2.05) is 0 Å². The van der Waals surface area contributed by atoms with Crippen LogP contribution in [-0.4, -0.2) is 25.0 Å². The first-order valence-electron chi connectivity index (χ1n) is 13.1. The summed E-state index contributed by atoms with van der Waals surface area (Å²) in [7, 11) is 0. The summed E-state index contributed by atoms with van der Waals surface area (Å²) < 4.78 is 17.5. The van der Waals surface area contributed by atoms with Crippen LogP contribution in [0.2, 0.25) is 0 Å². The zero-order valence-electron chi connectivity index (χ0n) is 20.2. The van der Waals surface area contributed by atoms with Gasteiger partial charge in [0.05, 0.1) is 11.7 Å². The third kappa shape index (κ3) is 10.8. The van der Waals surface area contributed by atoms with Crippen LogP contribution in [0.3, 0.4) is 0 Å². The molecule has 178 valence electrons. The van der Waals surface area contributed by atoms with Crippen molar-refractivity contribution in [3.05, 3.63) is 23.5 Å². The monoisotopic (exact) mass is 434 g/mol. The molecule has 0 N–H and O–H groups in total. The number of unbranched alkanes of at least 4 members (excludes halogenated alkanes) is 9. The van der Waals surface area contributed by atoms with Gasteiger partial charge in [0.25, 0.3) is 0 Å². The third-order valence-electron chi connectivity index (χ3n) is 6.26. The van der Waals surface area contributed by atoms with E-state index in [0.717, 1.165) is 62.9 Å². The van der Waals surface area contributed by atoms with Crippen LogP contribution in [0, 0.1) is 0 Å². The molecular formula is C27H46O4. The Hall–Kier alpha value is -1.13. The molecule has 0 aliphatic carbocycles. The highest BCUT2D eigenvalue weighted by atomic mass is 16.7. The average Bonchev–Trinajstić information content (AvgIpc) is 2.78. The normalized spacial score (nSPS) is 20.2. The third-order valence-corrected chi connectivity index (χ3v) is 6.26. The van der Waals surface area contributed by atoms with Crippen molar-refractivity contribution in [1.82, 2.24) is 0 Å². The second-order valence-electron chi connectivity index (χ2n) is 9.12. The van der Waals surface area contributed by atoms with Crippen LogP contribution in [-0.2, 0) is 19.0 Å². The van der Waals surface area contributed by atoms with Gasteiger partial charge in [-0.05, 0) is 51.4 Å². The summed E-state index contributed by atoms with van der Waals surface area (Å²) in [6.45, 7) is 5.25. The van der Waals surface area contributed by atoms with Crippen molar-refractivity contribution >= 4 is 5.97 Å². The SMILES string of the molecule is CCCCCCCCC=CC[C@@H](CC1=C(CCCCCC)C(=O)O1)OC1CCCCO1. The van der Waals surface area contributed by atoms with Crippen LogP contribution in [0.4, 0.5) is 0 Å². The molecule has 31 heavy (non-hydrogen) atoms. The van der Waals surface area contributed by atoms with E-state index < -0.39 is 0 Å². The Balaban J connectivity index is 1.79. The first-order valence-corrected chi connectivity index (χ1v) is 13.1. The van der Waals surface area contributed by atoms with Crippen molar-refractivity contribution in [1.29, 1.82) is 0 Å². The molecule has 2 aliphatic rings. The Labute approximate surface area is 190 Å². The standard InChI is InChI=1S/C27H46O4/c1-3-5-7-9-10-11-12-13-14-18-23(30-26-20-16-17-21-29-26)22-25-24(27(28)31-25)19-15-8-6-4-2/h13-14,23,26H,3-12,15-22H2,1-2H3/t23-,26?/m0/s1. The molecule has 2 atom stereocenters. The summed E-state index contributed by atoms with van der Waals surface area (Å²) in [6, 6.07) is 0. The summed E-state index contributed by atoms with van der Waals surface area (Å²) in [4.78, 5) is 11.9. The summed E-state index contributed by atoms with van der Waals surface area (Å²) in [6.07, 6.45) is 23.8. The van der Waals surface area contributed by atoms with Crippen LogP contribution in [0.15, 0.2) is 23.5 Å². The molecule has 0 aromatic rings. The molecule has 2 rings (SSSR count). The first-order chi connectivity index (χ1) is 15.2. The highest BCUT2D eigenvalue weighted by molar-refractivity contribution is 5.95. The van der Waals surface area contributed by atoms with Gasteiger partial charge in [-0.25, -0.2) is 4.79 Å². The molecule has 4 heteroatoms. The van der Waals surface area contributed by atoms with E-state index in [-0.39, 0.29) is 18.4 Å². The van der Waals surface area contributed by atoms with Gasteiger partial charge < -0.3 is 14.2 Å². The van der Waals surface area contributed by atoms with E-state index >= 15 is 0 Å². The number of hydrogen-bond donors (Lipinski definition) is 0. The molecule has 4 nitrogen and oxygen atoms in total. The fourth-order valence-electron chi connectivity index (χ4n) is 4.27. The summed E-state index contributed by atoms with van der Waals surface area (Å²) >= 11 is 0. The van der Waals surface area contributed by atoms with Crippen LogP contribution >= 0.6 is 0 Å². The Bertz CT molecular complexity index is 545. The smallest absolute Gasteiger partial charge is 0.342 e. The average molecular weight is 435 g/mol. The molecule has 0 radical (unpaired) electrons. The van der Waals surface area contributed by atoms with E-state index in [0.29, 0.717) is 6.42 Å². The predicted octanol–water partition coefficient (Wildman–Crippen LogP) is 7.77. The van der Waals surface area contributed by atoms with Crippen molar-refractivity contribution in [3.8, 4) is 0 Å². The van der Waals surface area contributed by atoms with Gasteiger partial charge in [0.1, 0.15) is 5.76 Å². The summed E-state index contributed by atoms with van der Waals surface area (Å²) in [5.41, 5.74) is 0.894. The Morgan fingerprint density at radius 1 is 0.968 bits per heavy atom. The van der Waals surface area contributed by atoms with Crippen molar-refractivity contribution < 1.29 is 19.0 Å². The molecule has 0 amide bonds. The van der Waals surface area contributed by atoms with Crippen molar-refractivity contribution in [2.24, 2.45) is 0 Å². The predicted molar refractivity (Wildman–Crippen MR) is 127 cm³/mol. The van der Waals surface area contributed by atoms with Crippen molar-refractivity contribution in [3.63, 3.8) is 0 Å². The molecule has 0 spiro atoms. The molecule has 1 saturated heterocycles. The van der Waals surface area contributed by atoms with E-state index in [2.05, 4.69) is 26.0 Å². The van der Waals surface area contributed by atoms with E-state index in [4.69, 9.17) is 14.2 Å². The summed E-state index contributed by atoms with van der Waals surface area (Å²) in [5, 5.41) is 0. The minimum atomic E-state index is -0.127. The second-order valence-corrected chi connectivity index (χ2v) is 9.12. The molecule has 1 unspecified atom stereocenters. The Morgan fingerprint density at radius 3 is 2.42 bits per heavy atom. The molecule has 2 heterocycles. The lowest BCUT2D eigenvalue weighted by Gasteiger charge is -2.30. The topological polar surface area (TPSA) is 44.8 Å². The highest BCUT2D eigenvalue weighted by Crippen LogP contribution is 2.31. The molecule has 0 bridgehead atoms. The van der Waals surface area contributed by atoms with Gasteiger partial charge in [-0.2, -0.15) is 0 Å². The maximum absolute atomic E-state index is 11.9. The van der Waals surface area contributed by atoms with Gasteiger partial charge in [0, 0.05) is 13.0 Å². The van der Waals surface area contributed by atoms with Gasteiger partial charge in [-0.3, -0.25) is 0 Å². The van der Waals surface area contributed by atoms with Gasteiger partial charge in [-0.15, -0.1) is 0 Å². The number of esters is 1. The second kappa shape index (κ2) is 16.5. The Kier molecular flexibility index (Phi) is 13.9. The first kappa shape index (κ1) is 26.1. The fraction of sp³-hybridized carbons (Fsp3) is 0.815. The zero-order valence-corrected chi connectivity index (χ0v) is 20.2. The lowest BCUT2D eigenvalue weighted by Crippen LogP contribution is -2.31. The minimum absolute atomic E-state index is 0.0117. The van der Waals surface area contributed by atoms with E-state index in [1.165, 1.54) is 57.8 Å². The number of rotatable bonds is 18. The number of carbonyl (C=O) groups excluding carboxylic acids is 1. The van der Waals surface area contributed by atoms with Gasteiger partial charge in [0.15, 0.2) is 6.29 Å². The van der Waals surface area contributed by atoms with Gasteiger partial charge >= 0.3 is 5.97 Å². The number of allylic oxidation sites excluding steroid dienone is 1. The number of cyclic esters (lactones) is 1. The van der Waals surface area contributed by atoms with Crippen LogP contribution < -0.4 is 0 Å². The quantitative estimate of drug-likeness (QED) is 0.126. The minimum Gasteiger partial charge on any atom is -0.427 e. The van der Waals surface area contributed by atoms with E-state index in [9.17, 15) is 4.79 Å². The van der Waals surface area contributed by atoms with Crippen LogP contribution in [0.5, 0.6) is 0 Å². The fourth-order valence-corrected chi connectivity index (χ4v) is 4.27. The molecular weight excluding hydrogens is 388 g/mol. The maximum atomic E-state index is 11.9. The lowest BCUT2D eigenvalue weighted by atomic mass is 9.98. The number of carbonyl (C=O) groups is 1. The van der Waals surface area contributed by atoms with Crippen LogP contribution in [0.1, 0.15) is 123 Å². The molecule has 1 fully saturated rings. The maximum Gasteiger partial charge on any atom is 0.342 e. The van der Waals surface area contributed by atoms with Crippen molar-refractivity contribution in [2.45, 2.75) is 135 Å². The van der Waals surface area contributed by atoms with E-state index in [1.54, 1.807) is 0 Å². The number of hydrogen-bond acceptors (Lipinski definition) is 4. The molecule has 0 aromatic carbocycles. The van der Waals surface area contributed by atoms with Gasteiger partial charge in [-0.1, -0.05) is 77.4 Å². The van der Waals surface area contributed by atoms with Gasteiger partial charge in [0.2, 0.25) is 0 Å². The lowest BCUT2D eigenvalue weighted by molar-refractivity contribution is -0.189. The molecule has 0 aromatic heterocycles. The summed E-state index contributed by atoms with van der Waals surface area (Å²) in [5.74, 6) is 0.726. The zero-order chi connectivity index (χ0) is 22.2. The molecule has 0 saturated carbocycles. The highest BCUT2D eigenvalue weighted by Gasteiger charge is 2.32. The van der Waals surface area contributed by atoms with Crippen LogP contribution in [0.25, 0.3) is 0 Å². The molecule has 2 aliphatic heterocycles. The largest absolute Gasteiger partial charge is 0.427 e. The van der Waals surface area contributed by atoms with Crippen molar-refractivity contribution in [2.75, 3.05) is 6.61 Å². The number of ether oxygens (including phenoxy) is 3. The Morgan fingerprint density at radius 2 is 1.71 bits per heavy atom.